The van der Waals surface area contributed by atoms with E-state index in [9.17, 15) is 4.79 Å². The Balaban J connectivity index is 1.58. The molecule has 1 amide bonds. The molecule has 1 aliphatic rings. The first-order chi connectivity index (χ1) is 14.1. The molecule has 0 saturated heterocycles. The lowest BCUT2D eigenvalue weighted by molar-refractivity contribution is 0.102. The summed E-state index contributed by atoms with van der Waals surface area (Å²) >= 11 is 0. The fourth-order valence-electron chi connectivity index (χ4n) is 3.52. The van der Waals surface area contributed by atoms with E-state index in [1.54, 1.807) is 28.9 Å². The van der Waals surface area contributed by atoms with Crippen LogP contribution in [0, 0.1) is 13.8 Å². The number of amides is 1. The predicted molar refractivity (Wildman–Crippen MR) is 109 cm³/mol. The number of pyridine rings is 1. The predicted octanol–water partition coefficient (Wildman–Crippen LogP) is 4.02. The van der Waals surface area contributed by atoms with Crippen LogP contribution in [0.25, 0.3) is 16.7 Å². The summed E-state index contributed by atoms with van der Waals surface area (Å²) in [7, 11) is 0. The van der Waals surface area contributed by atoms with Gasteiger partial charge in [-0.05, 0) is 44.2 Å². The van der Waals surface area contributed by atoms with Crippen LogP contribution in [-0.4, -0.2) is 27.5 Å². The Hall–Kier alpha value is -3.87. The number of carbonyl (C=O) groups is 1. The van der Waals surface area contributed by atoms with Crippen LogP contribution in [0.1, 0.15) is 21.7 Å². The van der Waals surface area contributed by atoms with Crippen LogP contribution >= 0.6 is 0 Å². The SMILES string of the molecule is Cc1cc(C(=O)Nc2ccc3c(c2)OCO3)c2c(C)nn(-c3ccccc3)c2n1. The Bertz CT molecular complexity index is 1250. The molecule has 7 heteroatoms. The lowest BCUT2D eigenvalue weighted by Crippen LogP contribution is -2.13. The zero-order valence-electron chi connectivity index (χ0n) is 16.0. The summed E-state index contributed by atoms with van der Waals surface area (Å²) in [5.41, 5.74) is 4.20. The van der Waals surface area contributed by atoms with E-state index in [0.717, 1.165) is 22.5 Å². The normalized spacial score (nSPS) is 12.3. The molecule has 144 valence electrons. The van der Waals surface area contributed by atoms with Crippen LogP contribution in [0.3, 0.4) is 0 Å². The Morgan fingerprint density at radius 1 is 1.03 bits per heavy atom. The van der Waals surface area contributed by atoms with Gasteiger partial charge in [-0.3, -0.25) is 4.79 Å². The molecule has 0 fully saturated rings. The minimum atomic E-state index is -0.227. The number of nitrogens with one attached hydrogen (secondary N) is 1. The van der Waals surface area contributed by atoms with Gasteiger partial charge in [0.1, 0.15) is 0 Å². The second kappa shape index (κ2) is 6.63. The number of anilines is 1. The van der Waals surface area contributed by atoms with Crippen molar-refractivity contribution in [1.82, 2.24) is 14.8 Å². The molecule has 0 spiro atoms. The summed E-state index contributed by atoms with van der Waals surface area (Å²) < 4.78 is 12.5. The van der Waals surface area contributed by atoms with Gasteiger partial charge in [-0.25, -0.2) is 9.67 Å². The number of rotatable bonds is 3. The average Bonchev–Trinajstić information content (AvgIpc) is 3.32. The van der Waals surface area contributed by atoms with E-state index >= 15 is 0 Å². The quantitative estimate of drug-likeness (QED) is 0.575. The number of hydrogen-bond donors (Lipinski definition) is 1. The maximum absolute atomic E-state index is 13.1. The van der Waals surface area contributed by atoms with Crippen molar-refractivity contribution < 1.29 is 14.3 Å². The first-order valence-electron chi connectivity index (χ1n) is 9.23. The van der Waals surface area contributed by atoms with Crippen LogP contribution in [0.5, 0.6) is 11.5 Å². The van der Waals surface area contributed by atoms with Crippen molar-refractivity contribution >= 4 is 22.6 Å². The van der Waals surface area contributed by atoms with E-state index in [-0.39, 0.29) is 12.7 Å². The van der Waals surface area contributed by atoms with Gasteiger partial charge >= 0.3 is 0 Å². The van der Waals surface area contributed by atoms with Crippen LogP contribution in [-0.2, 0) is 0 Å². The van der Waals surface area contributed by atoms with Crippen LogP contribution in [0.2, 0.25) is 0 Å². The van der Waals surface area contributed by atoms with Crippen molar-refractivity contribution in [2.75, 3.05) is 12.1 Å². The molecule has 0 unspecified atom stereocenters. The van der Waals surface area contributed by atoms with Gasteiger partial charge in [-0.2, -0.15) is 5.10 Å². The number of hydrogen-bond acceptors (Lipinski definition) is 5. The molecule has 0 atom stereocenters. The lowest BCUT2D eigenvalue weighted by atomic mass is 10.1. The second-order valence-electron chi connectivity index (χ2n) is 6.86. The minimum Gasteiger partial charge on any atom is -0.454 e. The zero-order valence-corrected chi connectivity index (χ0v) is 16.0. The summed E-state index contributed by atoms with van der Waals surface area (Å²) in [6.07, 6.45) is 0. The van der Waals surface area contributed by atoms with E-state index in [2.05, 4.69) is 15.4 Å². The molecular formula is C22H18N4O3. The summed E-state index contributed by atoms with van der Waals surface area (Å²) in [5, 5.41) is 8.31. The number of ether oxygens (including phenoxy) is 2. The molecule has 4 aromatic rings. The molecule has 1 aliphatic heterocycles. The minimum absolute atomic E-state index is 0.189. The number of aryl methyl sites for hydroxylation is 2. The first-order valence-corrected chi connectivity index (χ1v) is 9.23. The van der Waals surface area contributed by atoms with E-state index in [1.165, 1.54) is 0 Å². The van der Waals surface area contributed by atoms with Crippen LogP contribution in [0.4, 0.5) is 5.69 Å². The van der Waals surface area contributed by atoms with Gasteiger partial charge in [-0.1, -0.05) is 18.2 Å². The van der Waals surface area contributed by atoms with Gasteiger partial charge in [-0.15, -0.1) is 0 Å². The molecule has 0 aliphatic carbocycles. The van der Waals surface area contributed by atoms with E-state index in [0.29, 0.717) is 28.4 Å². The van der Waals surface area contributed by atoms with Gasteiger partial charge in [0.25, 0.3) is 5.91 Å². The lowest BCUT2D eigenvalue weighted by Gasteiger charge is -2.09. The summed E-state index contributed by atoms with van der Waals surface area (Å²) in [5.74, 6) is 1.06. The Morgan fingerprint density at radius 2 is 1.83 bits per heavy atom. The van der Waals surface area contributed by atoms with E-state index < -0.39 is 0 Å². The summed E-state index contributed by atoms with van der Waals surface area (Å²) in [4.78, 5) is 17.8. The van der Waals surface area contributed by atoms with Crippen molar-refractivity contribution in [2.45, 2.75) is 13.8 Å². The Kier molecular flexibility index (Phi) is 3.94. The molecule has 0 bridgehead atoms. The van der Waals surface area contributed by atoms with Gasteiger partial charge in [0, 0.05) is 17.4 Å². The molecular weight excluding hydrogens is 368 g/mol. The Morgan fingerprint density at radius 3 is 2.66 bits per heavy atom. The van der Waals surface area contributed by atoms with Crippen molar-refractivity contribution in [1.29, 1.82) is 0 Å². The van der Waals surface area contributed by atoms with Crippen molar-refractivity contribution in [2.24, 2.45) is 0 Å². The maximum atomic E-state index is 13.1. The number of para-hydroxylation sites is 1. The highest BCUT2D eigenvalue weighted by Crippen LogP contribution is 2.34. The second-order valence-corrected chi connectivity index (χ2v) is 6.86. The van der Waals surface area contributed by atoms with Gasteiger partial charge in [0.2, 0.25) is 6.79 Å². The topological polar surface area (TPSA) is 78.3 Å². The van der Waals surface area contributed by atoms with Crippen LogP contribution < -0.4 is 14.8 Å². The third-order valence-corrected chi connectivity index (χ3v) is 4.82. The number of carbonyl (C=O) groups excluding carboxylic acids is 1. The number of aromatic nitrogens is 3. The van der Waals surface area contributed by atoms with E-state index in [1.807, 2.05) is 44.2 Å². The standard InChI is InChI=1S/C22H18N4O3/c1-13-10-17(22(27)24-15-8-9-18-19(11-15)29-12-28-18)20-14(2)25-26(21(20)23-13)16-6-4-3-5-7-16/h3-11H,12H2,1-2H3,(H,24,27). The molecule has 2 aromatic heterocycles. The third kappa shape index (κ3) is 2.97. The average molecular weight is 386 g/mol. The highest BCUT2D eigenvalue weighted by molar-refractivity contribution is 6.12. The third-order valence-electron chi connectivity index (χ3n) is 4.82. The summed E-state index contributed by atoms with van der Waals surface area (Å²) in [6.45, 7) is 3.94. The zero-order chi connectivity index (χ0) is 20.0. The highest BCUT2D eigenvalue weighted by Gasteiger charge is 2.20. The summed E-state index contributed by atoms with van der Waals surface area (Å²) in [6, 6.07) is 16.9. The Labute approximate surface area is 166 Å². The molecule has 7 nitrogen and oxygen atoms in total. The molecule has 2 aromatic carbocycles. The fraction of sp³-hybridized carbons (Fsp3) is 0.136. The molecule has 3 heterocycles. The molecule has 5 rings (SSSR count). The first kappa shape index (κ1) is 17.2. The maximum Gasteiger partial charge on any atom is 0.256 e. The van der Waals surface area contributed by atoms with Crippen molar-refractivity contribution in [3.63, 3.8) is 0 Å². The monoisotopic (exact) mass is 386 g/mol. The van der Waals surface area contributed by atoms with Crippen LogP contribution in [0.15, 0.2) is 54.6 Å². The highest BCUT2D eigenvalue weighted by atomic mass is 16.7. The number of fused-ring (bicyclic) bond motifs is 2. The fourth-order valence-corrected chi connectivity index (χ4v) is 3.52. The largest absolute Gasteiger partial charge is 0.454 e. The molecule has 29 heavy (non-hydrogen) atoms. The van der Waals surface area contributed by atoms with Crippen molar-refractivity contribution in [3.05, 3.63) is 71.5 Å². The molecule has 0 radical (unpaired) electrons. The number of nitrogens with zero attached hydrogens (tertiary/aromatic N) is 3. The van der Waals surface area contributed by atoms with Gasteiger partial charge in [0.15, 0.2) is 17.1 Å². The smallest absolute Gasteiger partial charge is 0.256 e. The van der Waals surface area contributed by atoms with Gasteiger partial charge in [0.05, 0.1) is 22.3 Å². The van der Waals surface area contributed by atoms with Crippen molar-refractivity contribution in [3.8, 4) is 17.2 Å². The number of benzene rings is 2. The van der Waals surface area contributed by atoms with E-state index in [4.69, 9.17) is 9.47 Å². The van der Waals surface area contributed by atoms with Gasteiger partial charge < -0.3 is 14.8 Å². The molecule has 1 N–H and O–H groups in total. The molecule has 0 saturated carbocycles.